The van der Waals surface area contributed by atoms with Gasteiger partial charge in [-0.1, -0.05) is 5.21 Å². The van der Waals surface area contributed by atoms with Crippen molar-refractivity contribution in [3.05, 3.63) is 25.0 Å². The van der Waals surface area contributed by atoms with Gasteiger partial charge >= 0.3 is 0 Å². The molecule has 5 nitrogen and oxygen atoms in total. The van der Waals surface area contributed by atoms with Crippen LogP contribution in [0.5, 0.6) is 0 Å². The molecule has 0 fully saturated rings. The molecule has 1 aromatic rings. The second-order valence-electron chi connectivity index (χ2n) is 3.53. The highest BCUT2D eigenvalue weighted by Gasteiger charge is 2.02. The minimum absolute atomic E-state index is 0.342. The molecule has 0 radical (unpaired) electrons. The van der Waals surface area contributed by atoms with Gasteiger partial charge in [0.1, 0.15) is 5.69 Å². The van der Waals surface area contributed by atoms with Crippen LogP contribution >= 0.6 is 0 Å². The van der Waals surface area contributed by atoms with E-state index in [2.05, 4.69) is 37.3 Å². The van der Waals surface area contributed by atoms with E-state index in [0.717, 1.165) is 12.3 Å². The van der Waals surface area contributed by atoms with E-state index in [0.29, 0.717) is 25.9 Å². The first kappa shape index (κ1) is 15.8. The number of nitrogens with zero attached hydrogens (tertiary/aromatic N) is 3. The summed E-state index contributed by atoms with van der Waals surface area (Å²) in [5.74, 6) is 0. The van der Waals surface area contributed by atoms with Crippen LogP contribution in [0.1, 0.15) is 32.5 Å². The Labute approximate surface area is 103 Å². The minimum Gasteiger partial charge on any atom is -0.379 e. The standard InChI is InChI=1S/C10H19N3O2.C2H4/c1-4-14-5-6-15-8-10-7-13(9(2)3)12-11-10;1-2/h7,9H,4-6,8H2,1-3H3;1-2H2. The first-order chi connectivity index (χ1) is 8.24. The Bertz CT molecular complexity index is 287. The van der Waals surface area contributed by atoms with Crippen LogP contribution in [0.15, 0.2) is 19.4 Å². The summed E-state index contributed by atoms with van der Waals surface area (Å²) in [7, 11) is 0. The number of hydrogen-bond acceptors (Lipinski definition) is 4. The average molecular weight is 241 g/mol. The summed E-state index contributed by atoms with van der Waals surface area (Å²) in [5, 5.41) is 7.99. The highest BCUT2D eigenvalue weighted by Crippen LogP contribution is 2.03. The minimum atomic E-state index is 0.342. The molecule has 0 N–H and O–H groups in total. The molecule has 1 aromatic heterocycles. The molecule has 0 amide bonds. The van der Waals surface area contributed by atoms with Gasteiger partial charge in [0.25, 0.3) is 0 Å². The fraction of sp³-hybridized carbons (Fsp3) is 0.667. The molecule has 0 aliphatic heterocycles. The summed E-state index contributed by atoms with van der Waals surface area (Å²) in [6, 6.07) is 0.342. The van der Waals surface area contributed by atoms with Crippen LogP contribution in [0, 0.1) is 0 Å². The van der Waals surface area contributed by atoms with Gasteiger partial charge in [-0.3, -0.25) is 0 Å². The lowest BCUT2D eigenvalue weighted by atomic mass is 10.4. The van der Waals surface area contributed by atoms with Crippen LogP contribution in [-0.2, 0) is 16.1 Å². The van der Waals surface area contributed by atoms with Crippen LogP contribution < -0.4 is 0 Å². The molecule has 0 bridgehead atoms. The molecular weight excluding hydrogens is 218 g/mol. The van der Waals surface area contributed by atoms with Crippen molar-refractivity contribution in [1.82, 2.24) is 15.0 Å². The molecule has 98 valence electrons. The molecule has 0 aromatic carbocycles. The Kier molecular flexibility index (Phi) is 9.28. The first-order valence-electron chi connectivity index (χ1n) is 5.80. The summed E-state index contributed by atoms with van der Waals surface area (Å²) in [6.45, 7) is 14.6. The van der Waals surface area contributed by atoms with Crippen molar-refractivity contribution in [1.29, 1.82) is 0 Å². The average Bonchev–Trinajstić information content (AvgIpc) is 2.80. The molecule has 17 heavy (non-hydrogen) atoms. The van der Waals surface area contributed by atoms with Crippen LogP contribution in [0.2, 0.25) is 0 Å². The lowest BCUT2D eigenvalue weighted by molar-refractivity contribution is 0.0441. The lowest BCUT2D eigenvalue weighted by Crippen LogP contribution is -2.04. The second kappa shape index (κ2) is 9.99. The summed E-state index contributed by atoms with van der Waals surface area (Å²) in [6.07, 6.45) is 1.91. The molecule has 0 atom stereocenters. The predicted molar refractivity (Wildman–Crippen MR) is 67.8 cm³/mol. The Morgan fingerprint density at radius 1 is 1.29 bits per heavy atom. The molecule has 0 saturated heterocycles. The molecule has 0 aliphatic rings. The van der Waals surface area contributed by atoms with Crippen molar-refractivity contribution >= 4 is 0 Å². The zero-order valence-electron chi connectivity index (χ0n) is 11.1. The summed E-state index contributed by atoms with van der Waals surface area (Å²) in [4.78, 5) is 0. The van der Waals surface area contributed by atoms with E-state index >= 15 is 0 Å². The van der Waals surface area contributed by atoms with Gasteiger partial charge in [0.2, 0.25) is 0 Å². The fourth-order valence-electron chi connectivity index (χ4n) is 1.07. The van der Waals surface area contributed by atoms with Gasteiger partial charge in [-0.25, -0.2) is 4.68 Å². The van der Waals surface area contributed by atoms with E-state index < -0.39 is 0 Å². The van der Waals surface area contributed by atoms with Gasteiger partial charge < -0.3 is 9.47 Å². The molecule has 0 aliphatic carbocycles. The zero-order valence-corrected chi connectivity index (χ0v) is 11.1. The van der Waals surface area contributed by atoms with E-state index in [1.807, 2.05) is 17.8 Å². The summed E-state index contributed by atoms with van der Waals surface area (Å²) in [5.41, 5.74) is 0.861. The Balaban J connectivity index is 0.00000121. The molecular formula is C12H23N3O2. The normalized spacial score (nSPS) is 10.1. The number of aromatic nitrogens is 3. The van der Waals surface area contributed by atoms with Crippen molar-refractivity contribution in [2.45, 2.75) is 33.4 Å². The molecule has 0 spiro atoms. The summed E-state index contributed by atoms with van der Waals surface area (Å²) >= 11 is 0. The second-order valence-corrected chi connectivity index (χ2v) is 3.53. The van der Waals surface area contributed by atoms with Gasteiger partial charge in [-0.2, -0.15) is 0 Å². The van der Waals surface area contributed by atoms with Crippen molar-refractivity contribution < 1.29 is 9.47 Å². The Hall–Kier alpha value is -1.20. The van der Waals surface area contributed by atoms with Crippen molar-refractivity contribution in [2.75, 3.05) is 19.8 Å². The maximum atomic E-state index is 5.37. The van der Waals surface area contributed by atoms with Gasteiger partial charge in [-0.05, 0) is 20.8 Å². The molecule has 1 rings (SSSR count). The van der Waals surface area contributed by atoms with Crippen LogP contribution in [0.25, 0.3) is 0 Å². The third-order valence-corrected chi connectivity index (χ3v) is 1.91. The lowest BCUT2D eigenvalue weighted by Gasteiger charge is -2.02. The van der Waals surface area contributed by atoms with Gasteiger partial charge in [0.05, 0.1) is 26.0 Å². The third kappa shape index (κ3) is 6.86. The largest absolute Gasteiger partial charge is 0.379 e. The number of rotatable bonds is 7. The van der Waals surface area contributed by atoms with Crippen molar-refractivity contribution in [2.24, 2.45) is 0 Å². The molecule has 0 saturated carbocycles. The van der Waals surface area contributed by atoms with E-state index in [-0.39, 0.29) is 0 Å². The Morgan fingerprint density at radius 3 is 2.47 bits per heavy atom. The monoisotopic (exact) mass is 241 g/mol. The topological polar surface area (TPSA) is 49.2 Å². The van der Waals surface area contributed by atoms with E-state index in [1.54, 1.807) is 0 Å². The zero-order chi connectivity index (χ0) is 13.1. The molecule has 1 heterocycles. The number of ether oxygens (including phenoxy) is 2. The smallest absolute Gasteiger partial charge is 0.108 e. The van der Waals surface area contributed by atoms with E-state index in [9.17, 15) is 0 Å². The SMILES string of the molecule is C=C.CCOCCOCc1cn(C(C)C)nn1. The van der Waals surface area contributed by atoms with Gasteiger partial charge in [0, 0.05) is 12.6 Å². The Morgan fingerprint density at radius 2 is 1.94 bits per heavy atom. The molecule has 5 heteroatoms. The van der Waals surface area contributed by atoms with Gasteiger partial charge in [-0.15, -0.1) is 18.3 Å². The van der Waals surface area contributed by atoms with Crippen LogP contribution in [0.3, 0.4) is 0 Å². The van der Waals surface area contributed by atoms with Crippen molar-refractivity contribution in [3.8, 4) is 0 Å². The predicted octanol–water partition coefficient (Wildman–Crippen LogP) is 2.21. The summed E-state index contributed by atoms with van der Waals surface area (Å²) < 4.78 is 12.3. The first-order valence-corrected chi connectivity index (χ1v) is 5.80. The van der Waals surface area contributed by atoms with E-state index in [4.69, 9.17) is 9.47 Å². The van der Waals surface area contributed by atoms with Gasteiger partial charge in [0.15, 0.2) is 0 Å². The van der Waals surface area contributed by atoms with Crippen molar-refractivity contribution in [3.63, 3.8) is 0 Å². The highest BCUT2D eigenvalue weighted by molar-refractivity contribution is 4.90. The third-order valence-electron chi connectivity index (χ3n) is 1.91. The fourth-order valence-corrected chi connectivity index (χ4v) is 1.07. The van der Waals surface area contributed by atoms with E-state index in [1.165, 1.54) is 0 Å². The van der Waals surface area contributed by atoms with Crippen LogP contribution in [-0.4, -0.2) is 34.8 Å². The maximum absolute atomic E-state index is 5.37. The van der Waals surface area contributed by atoms with Crippen LogP contribution in [0.4, 0.5) is 0 Å². The maximum Gasteiger partial charge on any atom is 0.108 e. The number of hydrogen-bond donors (Lipinski definition) is 0. The highest BCUT2D eigenvalue weighted by atomic mass is 16.5. The molecule has 0 unspecified atom stereocenters. The quantitative estimate of drug-likeness (QED) is 0.542.